The SMILES string of the molecule is [2H]C(C)(C)N1c2ncccc2N(c2c(C)ccc3c2oc2nc(C)ccc23)C1C.[2H]C(C)(C)N1c2ncccc2N(c2c(C)ccc3c2oc2nc(C)ccc23)C1C.[2H]C(C)(C)N1c2nccnc2N(c2c(C)ccc3c2oc2nc(C)ccc23)C1C.[2H]C([2H])([2H])N1c2nccnc2N(c2c(C)ccc3c2oc2nc(C)ccc23)C1C. The molecule has 0 spiro atoms. The largest absolute Gasteiger partial charge is 0.435 e. The topological polar surface area (TPSA) is 207 Å². The summed E-state index contributed by atoms with van der Waals surface area (Å²) < 4.78 is 75.1. The second-order valence-corrected chi connectivity index (χ2v) is 29.5. The Hall–Kier alpha value is -12.5. The molecule has 22 nitrogen and oxygen atoms in total. The number of hydrogen-bond acceptors (Lipinski definition) is 22. The summed E-state index contributed by atoms with van der Waals surface area (Å²) in [4.78, 5) is 61.4. The highest BCUT2D eigenvalue weighted by molar-refractivity contribution is 6.13. The van der Waals surface area contributed by atoms with Crippen molar-refractivity contribution < 1.29 is 25.9 Å². The van der Waals surface area contributed by atoms with Crippen molar-refractivity contribution in [1.29, 1.82) is 0 Å². The van der Waals surface area contributed by atoms with E-state index < -0.39 is 31.2 Å². The van der Waals surface area contributed by atoms with Crippen LogP contribution in [0.3, 0.4) is 0 Å². The van der Waals surface area contributed by atoms with Gasteiger partial charge in [0, 0.05) is 132 Å². The van der Waals surface area contributed by atoms with Crippen LogP contribution < -0.4 is 39.2 Å². The van der Waals surface area contributed by atoms with Gasteiger partial charge in [0.25, 0.3) is 0 Å². The standard InChI is InChI=1S/2C23H24N4O.C22H23N5O.C20H19N5O/c2*1-13(2)26-16(5)27(19-7-6-12-24-22(19)26)20-14(3)8-10-17-18-11-9-15(4)25-23(18)28-21(17)20;1-12(2)26-15(5)27(21-20(26)23-10-11-24-21)18-13(3)6-8-16-17-9-7-14(4)25-22(17)28-19(16)18;1-11-5-7-14-15-8-6-12(2)23-20(15)26-17(14)16(11)25-13(3)24(4)18-19(25)22-10-9-21-18/h2*6-13,16H,1-5H3;6-12,15H,1-5H3;5-10,13H,1-4H3/i2*13D;12D;4D3. The average Bonchev–Trinajstić information content (AvgIpc) is 1.58. The van der Waals surface area contributed by atoms with Gasteiger partial charge in [-0.1, -0.05) is 48.5 Å². The van der Waals surface area contributed by atoms with Crippen molar-refractivity contribution in [3.8, 4) is 0 Å². The fourth-order valence-corrected chi connectivity index (χ4v) is 16.5. The molecular weight excluding hydrogens is 1370 g/mol. The van der Waals surface area contributed by atoms with E-state index in [1.807, 2.05) is 157 Å². The first-order valence-electron chi connectivity index (χ1n) is 40.1. The summed E-state index contributed by atoms with van der Waals surface area (Å²) in [6.07, 6.45) is 9.19. The summed E-state index contributed by atoms with van der Waals surface area (Å²) in [7, 11) is 0. The van der Waals surface area contributed by atoms with Gasteiger partial charge in [-0.05, 0) is 220 Å². The predicted molar refractivity (Wildman–Crippen MR) is 444 cm³/mol. The Bertz CT molecular complexity index is 5830. The molecule has 0 N–H and O–H groups in total. The number of aryl methyl sites for hydroxylation is 8. The van der Waals surface area contributed by atoms with Gasteiger partial charge in [-0.3, -0.25) is 9.80 Å². The summed E-state index contributed by atoms with van der Waals surface area (Å²) in [6, 6.07) is 38.4. The molecule has 4 unspecified atom stereocenters. The lowest BCUT2D eigenvalue weighted by Crippen LogP contribution is -2.42. The van der Waals surface area contributed by atoms with Gasteiger partial charge in [-0.15, -0.1) is 0 Å². The zero-order valence-electron chi connectivity index (χ0n) is 71.0. The monoisotopic (exact) mass is 1470 g/mol. The van der Waals surface area contributed by atoms with Crippen molar-refractivity contribution >= 4 is 157 Å². The molecule has 0 saturated carbocycles. The summed E-state index contributed by atoms with van der Waals surface area (Å²) >= 11 is 0. The summed E-state index contributed by atoms with van der Waals surface area (Å²) in [5.74, 6) is 3.92. The minimum Gasteiger partial charge on any atom is -0.435 e. The first-order chi connectivity index (χ1) is 55.1. The molecule has 4 aromatic carbocycles. The van der Waals surface area contributed by atoms with Gasteiger partial charge in [0.1, 0.15) is 24.7 Å². The Morgan fingerprint density at radius 3 is 0.918 bits per heavy atom. The molecule has 0 saturated heterocycles. The van der Waals surface area contributed by atoms with Gasteiger partial charge >= 0.3 is 0 Å². The molecule has 0 bridgehead atoms. The maximum atomic E-state index is 8.70. The molecule has 0 aliphatic carbocycles. The Morgan fingerprint density at radius 1 is 0.309 bits per heavy atom. The maximum Gasteiger partial charge on any atom is 0.227 e. The zero-order chi connectivity index (χ0) is 82.0. The van der Waals surface area contributed by atoms with Crippen molar-refractivity contribution in [1.82, 2.24) is 49.8 Å². The van der Waals surface area contributed by atoms with Crippen molar-refractivity contribution in [2.45, 2.75) is 167 Å². The average molecular weight is 1470 g/mol. The third kappa shape index (κ3) is 11.2. The van der Waals surface area contributed by atoms with Crippen LogP contribution in [0.2, 0.25) is 0 Å². The number of aromatic nitrogens is 10. The van der Waals surface area contributed by atoms with Crippen LogP contribution in [0.5, 0.6) is 0 Å². The molecule has 4 aliphatic heterocycles. The van der Waals surface area contributed by atoms with Gasteiger partial charge in [-0.2, -0.15) is 0 Å². The summed E-state index contributed by atoms with van der Waals surface area (Å²) in [5, 5.41) is 8.00. The number of benzene rings is 4. The van der Waals surface area contributed by atoms with Crippen molar-refractivity contribution in [2.24, 2.45) is 0 Å². The minimum atomic E-state index is -2.35. The Labute approximate surface area is 647 Å². The quantitative estimate of drug-likeness (QED) is 0.145. The summed E-state index contributed by atoms with van der Waals surface area (Å²) in [6.45, 7) is 33.1. The molecule has 4 atom stereocenters. The predicted octanol–water partition coefficient (Wildman–Crippen LogP) is 20.8. The normalized spacial score (nSPS) is 17.8. The van der Waals surface area contributed by atoms with E-state index >= 15 is 0 Å². The van der Waals surface area contributed by atoms with Crippen LogP contribution in [0, 0.1) is 55.4 Å². The third-order valence-corrected chi connectivity index (χ3v) is 21.4. The highest BCUT2D eigenvalue weighted by Crippen LogP contribution is 2.53. The second kappa shape index (κ2) is 27.0. The van der Waals surface area contributed by atoms with Gasteiger partial charge in [-0.25, -0.2) is 49.8 Å². The van der Waals surface area contributed by atoms with Gasteiger partial charge in [0.15, 0.2) is 57.2 Å². The molecule has 0 fully saturated rings. The smallest absolute Gasteiger partial charge is 0.227 e. The number of rotatable bonds is 7. The van der Waals surface area contributed by atoms with E-state index in [4.69, 9.17) is 25.9 Å². The van der Waals surface area contributed by atoms with E-state index in [2.05, 4.69) is 173 Å². The molecule has 12 aromatic heterocycles. The van der Waals surface area contributed by atoms with Gasteiger partial charge in [0.2, 0.25) is 22.9 Å². The zero-order valence-corrected chi connectivity index (χ0v) is 65.0. The molecule has 0 radical (unpaired) electrons. The highest BCUT2D eigenvalue weighted by atomic mass is 16.4. The van der Waals surface area contributed by atoms with Crippen LogP contribution in [0.15, 0.2) is 176 Å². The van der Waals surface area contributed by atoms with E-state index in [1.54, 1.807) is 31.0 Å². The van der Waals surface area contributed by atoms with Crippen LogP contribution >= 0.6 is 0 Å². The first kappa shape index (κ1) is 63.6. The van der Waals surface area contributed by atoms with Crippen LogP contribution in [0.4, 0.5) is 69.0 Å². The van der Waals surface area contributed by atoms with E-state index in [-0.39, 0.29) is 18.5 Å². The van der Waals surface area contributed by atoms with Crippen LogP contribution in [0.1, 0.15) is 122 Å². The Kier molecular flexibility index (Phi) is 15.6. The molecule has 16 heterocycles. The van der Waals surface area contributed by atoms with Crippen LogP contribution in [-0.2, 0) is 0 Å². The van der Waals surface area contributed by atoms with E-state index in [1.165, 1.54) is 11.1 Å². The van der Waals surface area contributed by atoms with E-state index in [0.717, 1.165) is 156 Å². The number of furan rings is 4. The Balaban J connectivity index is 0.000000111. The maximum absolute atomic E-state index is 8.70. The van der Waals surface area contributed by atoms with Crippen molar-refractivity contribution in [3.05, 3.63) is 204 Å². The molecule has 20 rings (SSSR count). The van der Waals surface area contributed by atoms with Crippen LogP contribution in [0.25, 0.3) is 88.3 Å². The fourth-order valence-electron chi connectivity index (χ4n) is 16.5. The second-order valence-electron chi connectivity index (χ2n) is 29.5. The molecule has 22 heteroatoms. The van der Waals surface area contributed by atoms with Crippen molar-refractivity contribution in [3.63, 3.8) is 0 Å². The van der Waals surface area contributed by atoms with E-state index in [0.29, 0.717) is 45.9 Å². The van der Waals surface area contributed by atoms with E-state index in [9.17, 15) is 0 Å². The molecule has 16 aromatic rings. The van der Waals surface area contributed by atoms with Gasteiger partial charge < -0.3 is 47.1 Å². The molecular formula is C88H90N18O4. The molecule has 556 valence electrons. The third-order valence-electron chi connectivity index (χ3n) is 21.4. The molecule has 0 amide bonds. The fraction of sp³-hybridized carbons (Fsp3) is 0.295. The first-order valence-corrected chi connectivity index (χ1v) is 37.1. The van der Waals surface area contributed by atoms with Crippen molar-refractivity contribution in [2.75, 3.05) is 46.2 Å². The molecule has 110 heavy (non-hydrogen) atoms. The lowest BCUT2D eigenvalue weighted by molar-refractivity contribution is 0.597. The van der Waals surface area contributed by atoms with Crippen LogP contribution in [-0.4, -0.2) is 99.5 Å². The lowest BCUT2D eigenvalue weighted by atomic mass is 10.1. The minimum absolute atomic E-state index is 0.0837. The number of nitrogens with zero attached hydrogens (tertiary/aromatic N) is 18. The number of hydrogen-bond donors (Lipinski definition) is 0. The molecule has 4 aliphatic rings. The Morgan fingerprint density at radius 2 is 0.582 bits per heavy atom. The number of fused-ring (bicyclic) bond motifs is 16. The lowest BCUT2D eigenvalue weighted by Gasteiger charge is -2.33. The summed E-state index contributed by atoms with van der Waals surface area (Å²) in [5.41, 5.74) is 19.2. The number of anilines is 12. The highest BCUT2D eigenvalue weighted by Gasteiger charge is 2.43. The number of pyridine rings is 6. The van der Waals surface area contributed by atoms with Gasteiger partial charge in [0.05, 0.1) is 38.2 Å².